The zero-order chi connectivity index (χ0) is 12.0. The number of nitrogens with zero attached hydrogens (tertiary/aromatic N) is 2. The zero-order valence-electron chi connectivity index (χ0n) is 9.81. The summed E-state index contributed by atoms with van der Waals surface area (Å²) in [7, 11) is 0. The third-order valence-electron chi connectivity index (χ3n) is 2.43. The van der Waals surface area contributed by atoms with Gasteiger partial charge >= 0.3 is 6.09 Å². The Morgan fingerprint density at radius 2 is 1.75 bits per heavy atom. The molecule has 5 heteroatoms. The highest BCUT2D eigenvalue weighted by Crippen LogP contribution is 2.04. The molecule has 1 aliphatic heterocycles. The van der Waals surface area contributed by atoms with E-state index in [9.17, 15) is 9.59 Å². The van der Waals surface area contributed by atoms with Gasteiger partial charge in [0.2, 0.25) is 5.91 Å². The molecule has 1 fully saturated rings. The predicted molar refractivity (Wildman–Crippen MR) is 60.0 cm³/mol. The molecule has 1 rings (SSSR count). The summed E-state index contributed by atoms with van der Waals surface area (Å²) < 4.78 is 4.89. The van der Waals surface area contributed by atoms with Crippen LogP contribution in [0.3, 0.4) is 0 Å². The molecule has 0 aromatic carbocycles. The fourth-order valence-electron chi connectivity index (χ4n) is 1.57. The lowest BCUT2D eigenvalue weighted by molar-refractivity contribution is -0.127. The van der Waals surface area contributed by atoms with Crippen LogP contribution in [0.5, 0.6) is 0 Å². The standard InChI is InChI=1S/C11H18N2O3/c1-3-5-10(14)12-6-8-13(9-7-12)11(15)16-4-2/h3,5H,4,6-9H2,1-2H3/b5-3+. The normalized spacial score (nSPS) is 16.6. The Hall–Kier alpha value is -1.52. The Morgan fingerprint density at radius 3 is 2.25 bits per heavy atom. The van der Waals surface area contributed by atoms with Gasteiger partial charge in [-0.1, -0.05) is 6.08 Å². The van der Waals surface area contributed by atoms with Crippen LogP contribution in [-0.2, 0) is 9.53 Å². The van der Waals surface area contributed by atoms with Gasteiger partial charge in [0.25, 0.3) is 0 Å². The van der Waals surface area contributed by atoms with Crippen molar-refractivity contribution >= 4 is 12.0 Å². The summed E-state index contributed by atoms with van der Waals surface area (Å²) in [4.78, 5) is 26.3. The molecule has 2 amide bonds. The van der Waals surface area contributed by atoms with Crippen molar-refractivity contribution in [2.45, 2.75) is 13.8 Å². The monoisotopic (exact) mass is 226 g/mol. The van der Waals surface area contributed by atoms with Crippen molar-refractivity contribution in [2.75, 3.05) is 32.8 Å². The zero-order valence-corrected chi connectivity index (χ0v) is 9.81. The highest BCUT2D eigenvalue weighted by Gasteiger charge is 2.23. The van der Waals surface area contributed by atoms with Gasteiger partial charge in [-0.3, -0.25) is 4.79 Å². The van der Waals surface area contributed by atoms with Crippen LogP contribution in [0.25, 0.3) is 0 Å². The van der Waals surface area contributed by atoms with Crippen LogP contribution < -0.4 is 0 Å². The number of carbonyl (C=O) groups excluding carboxylic acids is 2. The second kappa shape index (κ2) is 6.15. The van der Waals surface area contributed by atoms with Gasteiger partial charge in [-0.15, -0.1) is 0 Å². The van der Waals surface area contributed by atoms with Crippen molar-refractivity contribution in [3.05, 3.63) is 12.2 Å². The highest BCUT2D eigenvalue weighted by atomic mass is 16.6. The molecule has 0 saturated carbocycles. The molecule has 5 nitrogen and oxygen atoms in total. The molecule has 90 valence electrons. The van der Waals surface area contributed by atoms with Crippen LogP contribution in [0.15, 0.2) is 12.2 Å². The average molecular weight is 226 g/mol. The minimum Gasteiger partial charge on any atom is -0.450 e. The van der Waals surface area contributed by atoms with Crippen molar-refractivity contribution in [2.24, 2.45) is 0 Å². The summed E-state index contributed by atoms with van der Waals surface area (Å²) in [6, 6.07) is 0. The molecule has 0 aromatic rings. The van der Waals surface area contributed by atoms with Gasteiger partial charge in [0, 0.05) is 26.2 Å². The van der Waals surface area contributed by atoms with Gasteiger partial charge in [0.15, 0.2) is 0 Å². The largest absolute Gasteiger partial charge is 0.450 e. The summed E-state index contributed by atoms with van der Waals surface area (Å²) >= 11 is 0. The highest BCUT2D eigenvalue weighted by molar-refractivity contribution is 5.87. The maximum Gasteiger partial charge on any atom is 0.409 e. The van der Waals surface area contributed by atoms with E-state index in [1.807, 2.05) is 6.92 Å². The lowest BCUT2D eigenvalue weighted by Gasteiger charge is -2.33. The molecule has 1 heterocycles. The number of rotatable bonds is 2. The van der Waals surface area contributed by atoms with E-state index in [0.717, 1.165) is 0 Å². The lowest BCUT2D eigenvalue weighted by atomic mass is 10.3. The summed E-state index contributed by atoms with van der Waals surface area (Å²) in [6.45, 7) is 6.21. The van der Waals surface area contributed by atoms with Gasteiger partial charge < -0.3 is 14.5 Å². The van der Waals surface area contributed by atoms with Gasteiger partial charge in [-0.2, -0.15) is 0 Å². The van der Waals surface area contributed by atoms with E-state index < -0.39 is 0 Å². The van der Waals surface area contributed by atoms with Crippen molar-refractivity contribution in [3.63, 3.8) is 0 Å². The van der Waals surface area contributed by atoms with E-state index >= 15 is 0 Å². The SMILES string of the molecule is C/C=C/C(=O)N1CCN(C(=O)OCC)CC1. The minimum atomic E-state index is -0.291. The van der Waals surface area contributed by atoms with E-state index in [1.165, 1.54) is 0 Å². The molecule has 0 N–H and O–H groups in total. The van der Waals surface area contributed by atoms with Gasteiger partial charge in [-0.25, -0.2) is 4.79 Å². The summed E-state index contributed by atoms with van der Waals surface area (Å²) in [6.07, 6.45) is 2.97. The molecule has 1 saturated heterocycles. The van der Waals surface area contributed by atoms with Crippen LogP contribution in [0.2, 0.25) is 0 Å². The Balaban J connectivity index is 2.39. The maximum absolute atomic E-state index is 11.5. The van der Waals surface area contributed by atoms with Crippen LogP contribution >= 0.6 is 0 Å². The number of hydrogen-bond donors (Lipinski definition) is 0. The fourth-order valence-corrected chi connectivity index (χ4v) is 1.57. The Bertz CT molecular complexity index is 281. The van der Waals surface area contributed by atoms with Crippen LogP contribution in [0.4, 0.5) is 4.79 Å². The van der Waals surface area contributed by atoms with Gasteiger partial charge in [0.1, 0.15) is 0 Å². The Labute approximate surface area is 95.6 Å². The lowest BCUT2D eigenvalue weighted by Crippen LogP contribution is -2.50. The maximum atomic E-state index is 11.5. The second-order valence-corrected chi connectivity index (χ2v) is 3.51. The third kappa shape index (κ3) is 3.25. The first-order valence-electron chi connectivity index (χ1n) is 5.52. The molecule has 0 aliphatic carbocycles. The topological polar surface area (TPSA) is 49.9 Å². The Kier molecular flexibility index (Phi) is 4.82. The van der Waals surface area contributed by atoms with Crippen molar-refractivity contribution in [3.8, 4) is 0 Å². The van der Waals surface area contributed by atoms with Crippen LogP contribution in [0, 0.1) is 0 Å². The number of piperazine rings is 1. The molecule has 0 aromatic heterocycles. The molecule has 0 unspecified atom stereocenters. The summed E-state index contributed by atoms with van der Waals surface area (Å²) in [5, 5.41) is 0. The number of allylic oxidation sites excluding steroid dienone is 1. The van der Waals surface area contributed by atoms with Gasteiger partial charge in [0.05, 0.1) is 6.61 Å². The molecular formula is C11H18N2O3. The number of hydrogen-bond acceptors (Lipinski definition) is 3. The summed E-state index contributed by atoms with van der Waals surface area (Å²) in [5.74, 6) is 0.00556. The van der Waals surface area contributed by atoms with E-state index in [2.05, 4.69) is 0 Å². The van der Waals surface area contributed by atoms with E-state index in [1.54, 1.807) is 28.9 Å². The minimum absolute atomic E-state index is 0.00556. The first kappa shape index (κ1) is 12.5. The number of carbonyl (C=O) groups is 2. The van der Waals surface area contributed by atoms with Crippen LogP contribution in [0.1, 0.15) is 13.8 Å². The molecule has 0 bridgehead atoms. The molecule has 0 atom stereocenters. The third-order valence-corrected chi connectivity index (χ3v) is 2.43. The molecule has 1 aliphatic rings. The van der Waals surface area contributed by atoms with E-state index in [-0.39, 0.29) is 12.0 Å². The van der Waals surface area contributed by atoms with Gasteiger partial charge in [-0.05, 0) is 19.9 Å². The van der Waals surface area contributed by atoms with Crippen LogP contribution in [-0.4, -0.2) is 54.6 Å². The average Bonchev–Trinajstić information content (AvgIpc) is 2.30. The summed E-state index contributed by atoms with van der Waals surface area (Å²) in [5.41, 5.74) is 0. The second-order valence-electron chi connectivity index (χ2n) is 3.51. The Morgan fingerprint density at radius 1 is 1.19 bits per heavy atom. The fraction of sp³-hybridized carbons (Fsp3) is 0.636. The molecule has 0 radical (unpaired) electrons. The molecule has 0 spiro atoms. The first-order chi connectivity index (χ1) is 7.69. The van der Waals surface area contributed by atoms with Crippen molar-refractivity contribution in [1.82, 2.24) is 9.80 Å². The molecular weight excluding hydrogens is 208 g/mol. The number of amides is 2. The molecule has 16 heavy (non-hydrogen) atoms. The van der Waals surface area contributed by atoms with E-state index in [4.69, 9.17) is 4.74 Å². The smallest absolute Gasteiger partial charge is 0.409 e. The first-order valence-corrected chi connectivity index (χ1v) is 5.52. The number of ether oxygens (including phenoxy) is 1. The quantitative estimate of drug-likeness (QED) is 0.656. The predicted octanol–water partition coefficient (Wildman–Crippen LogP) is 0.863. The van der Waals surface area contributed by atoms with Crippen molar-refractivity contribution in [1.29, 1.82) is 0 Å². The van der Waals surface area contributed by atoms with E-state index in [0.29, 0.717) is 32.8 Å². The van der Waals surface area contributed by atoms with Crippen molar-refractivity contribution < 1.29 is 14.3 Å².